The summed E-state index contributed by atoms with van der Waals surface area (Å²) in [5.41, 5.74) is 12.8. The number of nitrogens with one attached hydrogen (secondary N) is 2. The molecule has 2 aliphatic heterocycles. The predicted molar refractivity (Wildman–Crippen MR) is 366 cm³/mol. The van der Waals surface area contributed by atoms with Crippen molar-refractivity contribution in [2.24, 2.45) is 32.9 Å². The SMILES string of the molecule is C=C/C(=N\N=C/C)N(CCC)CC1(C)CCCN1C(C(=O)NC(C(=O)N(CCCC)NC)C(CCN(CCC)c1ccc(C)c(/C(CC(C)(C)CC)=C(\C)c2cc(N3CCN(C4CC4)CC3)cnc2C(C)OC)c1)CCC(CC)(CC)CC)C(C)C. The molecule has 5 unspecified atom stereocenters. The third kappa shape index (κ3) is 19.0. The summed E-state index contributed by atoms with van der Waals surface area (Å²) in [5.74, 6) is 0.465. The number of aromatic nitrogens is 1. The van der Waals surface area contributed by atoms with Crippen LogP contribution in [-0.2, 0) is 14.3 Å². The highest BCUT2D eigenvalue weighted by molar-refractivity contribution is 5.94. The van der Waals surface area contributed by atoms with Gasteiger partial charge in [0.25, 0.3) is 5.91 Å². The van der Waals surface area contributed by atoms with Crippen LogP contribution in [-0.4, -0.2) is 152 Å². The number of pyridine rings is 1. The molecule has 2 saturated heterocycles. The fourth-order valence-corrected chi connectivity index (χ4v) is 13.9. The summed E-state index contributed by atoms with van der Waals surface area (Å²) in [4.78, 5) is 49.2. The highest BCUT2D eigenvalue weighted by Gasteiger charge is 2.47. The topological polar surface area (TPSA) is 124 Å². The van der Waals surface area contributed by atoms with E-state index >= 15 is 9.59 Å². The molecule has 2 N–H and O–H groups in total. The molecule has 5 rings (SSSR count). The molecule has 1 saturated carbocycles. The van der Waals surface area contributed by atoms with Crippen LogP contribution in [0.15, 0.2) is 53.3 Å². The molecular weight excluding hydrogens is 1070 g/mol. The summed E-state index contributed by atoms with van der Waals surface area (Å²) >= 11 is 0. The van der Waals surface area contributed by atoms with E-state index in [0.717, 1.165) is 165 Å². The smallest absolute Gasteiger partial charge is 0.259 e. The summed E-state index contributed by atoms with van der Waals surface area (Å²) in [5, 5.41) is 14.2. The number of likely N-dealkylation sites (tertiary alicyclic amines) is 1. The van der Waals surface area contributed by atoms with Crippen LogP contribution in [0.2, 0.25) is 0 Å². The van der Waals surface area contributed by atoms with Gasteiger partial charge >= 0.3 is 0 Å². The molecule has 484 valence electrons. The number of methoxy groups -OCH3 is 1. The van der Waals surface area contributed by atoms with E-state index < -0.39 is 12.1 Å². The normalized spacial score (nSPS) is 19.2. The monoisotopic (exact) mass is 1190 g/mol. The van der Waals surface area contributed by atoms with Gasteiger partial charge in [-0.15, -0.1) is 5.10 Å². The van der Waals surface area contributed by atoms with Crippen molar-refractivity contribution in [3.05, 3.63) is 65.5 Å². The van der Waals surface area contributed by atoms with Crippen molar-refractivity contribution >= 4 is 46.4 Å². The third-order valence-electron chi connectivity index (χ3n) is 20.5. The molecule has 3 fully saturated rings. The molecule has 0 radical (unpaired) electrons. The van der Waals surface area contributed by atoms with Crippen LogP contribution in [0.4, 0.5) is 11.4 Å². The summed E-state index contributed by atoms with van der Waals surface area (Å²) in [6.07, 6.45) is 21.4. The fraction of sp³-hybridized carbons (Fsp3) is 0.736. The maximum Gasteiger partial charge on any atom is 0.259 e. The van der Waals surface area contributed by atoms with Crippen LogP contribution in [0.25, 0.3) is 11.1 Å². The van der Waals surface area contributed by atoms with E-state index in [9.17, 15) is 0 Å². The van der Waals surface area contributed by atoms with Gasteiger partial charge < -0.3 is 24.8 Å². The number of rotatable bonds is 37. The number of nitrogens with zero attached hydrogens (tertiary/aromatic N) is 9. The molecule has 5 atom stereocenters. The number of allylic oxidation sites excluding steroid dienone is 2. The van der Waals surface area contributed by atoms with E-state index in [1.165, 1.54) is 46.5 Å². The number of hydrazine groups is 1. The number of aryl methyl sites for hydroxylation is 1. The predicted octanol–water partition coefficient (Wildman–Crippen LogP) is 14.8. The Morgan fingerprint density at radius 3 is 2.16 bits per heavy atom. The lowest BCUT2D eigenvalue weighted by Crippen LogP contribution is -2.63. The number of amidine groups is 1. The highest BCUT2D eigenvalue weighted by atomic mass is 16.5. The average Bonchev–Trinajstić information content (AvgIpc) is 1.50. The minimum absolute atomic E-state index is 0.0175. The van der Waals surface area contributed by atoms with Crippen molar-refractivity contribution in [3.8, 4) is 0 Å². The standard InChI is InChI=1S/C72H123N11O3/c1-20-29-42-83(73-18)69(85)66(76-68(84)67(53(10)11)82-41-30-37-71(82,17)52-81(40-22-3)64(23-4)77-75-28-9)57(35-38-72(25-6,26-7)27-8)36-43-78(39-21-2)59-32-31-54(12)61(48-59)63(50-70(15,16)24-5)55(13)62-49-60(51-74-65(62)56(14)86-19)80-46-44-79(45-47-80)58-33-34-58/h23,28,31-32,48-49,51,53,56-58,66-67,73H,4,20-22,24-27,29-30,33-47,50,52H2,1-3,5-19H3,(H,76,84)/b63-55+,75-28-,77-64+. The van der Waals surface area contributed by atoms with E-state index in [1.54, 1.807) is 24.4 Å². The van der Waals surface area contributed by atoms with Crippen molar-refractivity contribution in [2.75, 3.05) is 89.4 Å². The molecule has 3 aliphatic rings. The Morgan fingerprint density at radius 2 is 1.59 bits per heavy atom. The van der Waals surface area contributed by atoms with Crippen molar-refractivity contribution in [3.63, 3.8) is 0 Å². The van der Waals surface area contributed by atoms with Gasteiger partial charge in [-0.1, -0.05) is 121 Å². The molecule has 86 heavy (non-hydrogen) atoms. The van der Waals surface area contributed by atoms with Crippen molar-refractivity contribution in [2.45, 2.75) is 243 Å². The van der Waals surface area contributed by atoms with Crippen LogP contribution in [0, 0.1) is 29.6 Å². The molecule has 1 aromatic carbocycles. The van der Waals surface area contributed by atoms with Gasteiger partial charge in [-0.25, -0.2) is 5.43 Å². The Labute approximate surface area is 524 Å². The molecule has 2 aromatic rings. The van der Waals surface area contributed by atoms with Gasteiger partial charge in [0, 0.05) is 102 Å². The quantitative estimate of drug-likeness (QED) is 0.0384. The lowest BCUT2D eigenvalue weighted by molar-refractivity contribution is -0.143. The van der Waals surface area contributed by atoms with Gasteiger partial charge in [0.05, 0.1) is 29.7 Å². The first-order valence-corrected chi connectivity index (χ1v) is 34.2. The maximum atomic E-state index is 15.8. The number of ether oxygens (including phenoxy) is 1. The first-order valence-electron chi connectivity index (χ1n) is 34.2. The van der Waals surface area contributed by atoms with Crippen LogP contribution in [0.1, 0.15) is 235 Å². The Bertz CT molecular complexity index is 2520. The molecule has 1 aromatic heterocycles. The number of hydrogen-bond acceptors (Lipinski definition) is 11. The van der Waals surface area contributed by atoms with E-state index in [-0.39, 0.29) is 46.1 Å². The number of unbranched alkanes of at least 4 members (excludes halogenated alkanes) is 1. The van der Waals surface area contributed by atoms with Gasteiger partial charge in [-0.2, -0.15) is 5.10 Å². The van der Waals surface area contributed by atoms with E-state index in [4.69, 9.17) is 9.72 Å². The lowest BCUT2D eigenvalue weighted by Gasteiger charge is -2.45. The zero-order valence-corrected chi connectivity index (χ0v) is 57.8. The molecule has 1 aliphatic carbocycles. The Balaban J connectivity index is 1.62. The molecule has 14 nitrogen and oxygen atoms in total. The van der Waals surface area contributed by atoms with Gasteiger partial charge in [-0.3, -0.25) is 29.4 Å². The zero-order chi connectivity index (χ0) is 63.4. The zero-order valence-electron chi connectivity index (χ0n) is 57.8. The van der Waals surface area contributed by atoms with E-state index in [0.29, 0.717) is 13.1 Å². The Morgan fingerprint density at radius 1 is 0.907 bits per heavy atom. The number of amides is 2. The summed E-state index contributed by atoms with van der Waals surface area (Å²) in [6, 6.07) is 9.10. The number of anilines is 2. The number of carbonyl (C=O) groups is 2. The van der Waals surface area contributed by atoms with Gasteiger partial charge in [-0.05, 0) is 181 Å². The highest BCUT2D eigenvalue weighted by Crippen LogP contribution is 2.44. The summed E-state index contributed by atoms with van der Waals surface area (Å²) < 4.78 is 6.08. The Kier molecular flexibility index (Phi) is 28.8. The largest absolute Gasteiger partial charge is 0.375 e. The average molecular weight is 1190 g/mol. The van der Waals surface area contributed by atoms with Crippen molar-refractivity contribution < 1.29 is 14.3 Å². The first-order chi connectivity index (χ1) is 41.1. The number of carbonyl (C=O) groups excluding carboxylic acids is 2. The van der Waals surface area contributed by atoms with Crippen LogP contribution in [0.5, 0.6) is 0 Å². The summed E-state index contributed by atoms with van der Waals surface area (Å²) in [6.45, 7) is 48.7. The number of benzene rings is 1. The summed E-state index contributed by atoms with van der Waals surface area (Å²) in [7, 11) is 3.65. The third-order valence-corrected chi connectivity index (χ3v) is 20.5. The van der Waals surface area contributed by atoms with E-state index in [2.05, 4.69) is 186 Å². The number of hydrogen-bond donors (Lipinski definition) is 2. The van der Waals surface area contributed by atoms with Gasteiger partial charge in [0.1, 0.15) is 6.04 Å². The lowest BCUT2D eigenvalue weighted by atomic mass is 9.73. The second-order valence-electron chi connectivity index (χ2n) is 27.2. The second-order valence-corrected chi connectivity index (χ2v) is 27.2. The van der Waals surface area contributed by atoms with Crippen molar-refractivity contribution in [1.29, 1.82) is 0 Å². The molecular formula is C72H123N11O3. The first kappa shape index (κ1) is 72.1. The molecule has 2 amide bonds. The van der Waals surface area contributed by atoms with Crippen LogP contribution in [0.3, 0.4) is 0 Å². The maximum absolute atomic E-state index is 15.8. The Hall–Kier alpha value is -4.63. The fourth-order valence-electron chi connectivity index (χ4n) is 13.9. The minimum Gasteiger partial charge on any atom is -0.375 e. The second kappa shape index (κ2) is 34.4. The molecule has 3 heterocycles. The van der Waals surface area contributed by atoms with Crippen LogP contribution >= 0.6 is 0 Å². The molecule has 0 bridgehead atoms. The van der Waals surface area contributed by atoms with Gasteiger partial charge in [0.15, 0.2) is 5.84 Å². The minimum atomic E-state index is -0.742. The van der Waals surface area contributed by atoms with Crippen LogP contribution < -0.4 is 20.5 Å². The van der Waals surface area contributed by atoms with Crippen molar-refractivity contribution in [1.82, 2.24) is 35.4 Å². The van der Waals surface area contributed by atoms with E-state index in [1.807, 2.05) is 14.0 Å². The number of piperazine rings is 1. The van der Waals surface area contributed by atoms with Gasteiger partial charge in [0.2, 0.25) is 5.91 Å². The molecule has 14 heteroatoms. The molecule has 0 spiro atoms.